The molecule has 0 amide bonds. The van der Waals surface area contributed by atoms with E-state index < -0.39 is 11.7 Å². The van der Waals surface area contributed by atoms with Gasteiger partial charge in [-0.05, 0) is 24.6 Å². The Balaban J connectivity index is 2.36. The Morgan fingerprint density at radius 2 is 2.15 bits per heavy atom. The molecule has 0 aliphatic carbocycles. The minimum absolute atomic E-state index is 0.0352. The predicted octanol–water partition coefficient (Wildman–Crippen LogP) is 2.56. The van der Waals surface area contributed by atoms with Crippen molar-refractivity contribution in [2.75, 3.05) is 25.1 Å². The summed E-state index contributed by atoms with van der Waals surface area (Å²) in [7, 11) is 1.62. The molecule has 1 unspecified atom stereocenters. The normalized spacial score (nSPS) is 19.4. The van der Waals surface area contributed by atoms with E-state index in [1.54, 1.807) is 7.11 Å². The van der Waals surface area contributed by atoms with Crippen molar-refractivity contribution in [3.63, 3.8) is 0 Å². The van der Waals surface area contributed by atoms with Crippen LogP contribution in [0.2, 0.25) is 0 Å². The van der Waals surface area contributed by atoms with Gasteiger partial charge in [-0.2, -0.15) is 13.2 Å². The Labute approximate surface area is 120 Å². The molecule has 1 aliphatic rings. The lowest BCUT2D eigenvalue weighted by atomic mass is 10.1. The summed E-state index contributed by atoms with van der Waals surface area (Å²) in [5, 5.41) is 0. The highest BCUT2D eigenvalue weighted by molar-refractivity contribution is 7.80. The second-order valence-electron chi connectivity index (χ2n) is 4.69. The van der Waals surface area contributed by atoms with E-state index in [0.717, 1.165) is 18.6 Å². The number of ether oxygens (including phenoxy) is 1. The van der Waals surface area contributed by atoms with Crippen molar-refractivity contribution >= 4 is 22.9 Å². The Morgan fingerprint density at radius 1 is 1.45 bits per heavy atom. The van der Waals surface area contributed by atoms with Gasteiger partial charge >= 0.3 is 6.18 Å². The van der Waals surface area contributed by atoms with E-state index in [1.165, 1.54) is 6.07 Å². The molecular formula is C13H15F3N2OS. The molecule has 20 heavy (non-hydrogen) atoms. The van der Waals surface area contributed by atoms with Gasteiger partial charge in [0, 0.05) is 31.5 Å². The van der Waals surface area contributed by atoms with Crippen LogP contribution < -0.4 is 10.6 Å². The predicted molar refractivity (Wildman–Crippen MR) is 75.0 cm³/mol. The average Bonchev–Trinajstić information content (AvgIpc) is 2.85. The lowest BCUT2D eigenvalue weighted by molar-refractivity contribution is -0.137. The van der Waals surface area contributed by atoms with Crippen molar-refractivity contribution in [1.29, 1.82) is 0 Å². The lowest BCUT2D eigenvalue weighted by Gasteiger charge is -2.22. The number of rotatable bonds is 3. The third-order valence-electron chi connectivity index (χ3n) is 3.41. The number of hydrogen-bond donors (Lipinski definition) is 1. The molecule has 1 aromatic rings. The van der Waals surface area contributed by atoms with Crippen LogP contribution in [0.1, 0.15) is 17.5 Å². The standard InChI is InChI=1S/C13H15F3N2OS/c1-19-9-4-5-18(7-9)11-3-2-8(13(14,15)16)6-10(11)12(17)20/h2-3,6,9H,4-5,7H2,1H3,(H2,17,20). The monoisotopic (exact) mass is 304 g/mol. The number of nitrogens with zero attached hydrogens (tertiary/aromatic N) is 1. The van der Waals surface area contributed by atoms with Crippen molar-refractivity contribution in [2.45, 2.75) is 18.7 Å². The molecule has 0 spiro atoms. The van der Waals surface area contributed by atoms with Gasteiger partial charge in [0.2, 0.25) is 0 Å². The van der Waals surface area contributed by atoms with Crippen LogP contribution in [0.3, 0.4) is 0 Å². The van der Waals surface area contributed by atoms with Gasteiger partial charge in [-0.25, -0.2) is 0 Å². The van der Waals surface area contributed by atoms with E-state index in [4.69, 9.17) is 22.7 Å². The first kappa shape index (κ1) is 15.1. The molecule has 1 aromatic carbocycles. The van der Waals surface area contributed by atoms with E-state index in [9.17, 15) is 13.2 Å². The third-order valence-corrected chi connectivity index (χ3v) is 3.63. The topological polar surface area (TPSA) is 38.5 Å². The van der Waals surface area contributed by atoms with Crippen LogP contribution in [-0.4, -0.2) is 31.3 Å². The average molecular weight is 304 g/mol. The maximum atomic E-state index is 12.7. The van der Waals surface area contributed by atoms with E-state index in [0.29, 0.717) is 18.8 Å². The molecule has 1 heterocycles. The summed E-state index contributed by atoms with van der Waals surface area (Å²) >= 11 is 4.88. The maximum absolute atomic E-state index is 12.7. The summed E-state index contributed by atoms with van der Waals surface area (Å²) in [6.07, 6.45) is -3.50. The molecule has 7 heteroatoms. The molecule has 2 N–H and O–H groups in total. The summed E-state index contributed by atoms with van der Waals surface area (Å²) < 4.78 is 43.5. The largest absolute Gasteiger partial charge is 0.416 e. The summed E-state index contributed by atoms with van der Waals surface area (Å²) in [6, 6.07) is 3.49. The van der Waals surface area contributed by atoms with E-state index in [2.05, 4.69) is 0 Å². The number of benzene rings is 1. The van der Waals surface area contributed by atoms with Gasteiger partial charge in [0.25, 0.3) is 0 Å². The molecular weight excluding hydrogens is 289 g/mol. The molecule has 3 nitrogen and oxygen atoms in total. The van der Waals surface area contributed by atoms with Crippen molar-refractivity contribution in [3.05, 3.63) is 29.3 Å². The Bertz CT molecular complexity index is 519. The van der Waals surface area contributed by atoms with Gasteiger partial charge in [0.05, 0.1) is 11.7 Å². The second kappa shape index (κ2) is 5.57. The SMILES string of the molecule is COC1CCN(c2ccc(C(F)(F)F)cc2C(N)=S)C1. The van der Waals surface area contributed by atoms with Crippen molar-refractivity contribution in [1.82, 2.24) is 0 Å². The molecule has 2 rings (SSSR count). The summed E-state index contributed by atoms with van der Waals surface area (Å²) in [5.74, 6) is 0. The van der Waals surface area contributed by atoms with Gasteiger partial charge in [-0.3, -0.25) is 0 Å². The molecule has 0 saturated carbocycles. The quantitative estimate of drug-likeness (QED) is 0.871. The van der Waals surface area contributed by atoms with E-state index >= 15 is 0 Å². The number of nitrogens with two attached hydrogens (primary N) is 1. The smallest absolute Gasteiger partial charge is 0.389 e. The fraction of sp³-hybridized carbons (Fsp3) is 0.462. The number of halogens is 3. The number of anilines is 1. The summed E-state index contributed by atoms with van der Waals surface area (Å²) in [5.41, 5.74) is 5.71. The van der Waals surface area contributed by atoms with Crippen LogP contribution in [0.15, 0.2) is 18.2 Å². The lowest BCUT2D eigenvalue weighted by Crippen LogP contribution is -2.26. The molecule has 1 aliphatic heterocycles. The number of methoxy groups -OCH3 is 1. The van der Waals surface area contributed by atoms with Gasteiger partial charge in [-0.15, -0.1) is 0 Å². The first-order valence-electron chi connectivity index (χ1n) is 6.11. The van der Waals surface area contributed by atoms with Crippen LogP contribution in [0.4, 0.5) is 18.9 Å². The van der Waals surface area contributed by atoms with Gasteiger partial charge < -0.3 is 15.4 Å². The third kappa shape index (κ3) is 3.04. The van der Waals surface area contributed by atoms with E-state index in [1.807, 2.05) is 4.90 Å². The molecule has 1 saturated heterocycles. The second-order valence-corrected chi connectivity index (χ2v) is 5.13. The van der Waals surface area contributed by atoms with Crippen LogP contribution in [0, 0.1) is 0 Å². The van der Waals surface area contributed by atoms with Gasteiger partial charge in [0.1, 0.15) is 4.99 Å². The van der Waals surface area contributed by atoms with Crippen molar-refractivity contribution in [2.24, 2.45) is 5.73 Å². The number of alkyl halides is 3. The highest BCUT2D eigenvalue weighted by atomic mass is 32.1. The fourth-order valence-electron chi connectivity index (χ4n) is 2.32. The first-order valence-corrected chi connectivity index (χ1v) is 6.52. The Kier molecular flexibility index (Phi) is 4.19. The summed E-state index contributed by atoms with van der Waals surface area (Å²) in [4.78, 5) is 1.91. The first-order chi connectivity index (χ1) is 9.32. The van der Waals surface area contributed by atoms with Crippen LogP contribution in [0.25, 0.3) is 0 Å². The van der Waals surface area contributed by atoms with Crippen LogP contribution in [0.5, 0.6) is 0 Å². The van der Waals surface area contributed by atoms with Crippen LogP contribution in [-0.2, 0) is 10.9 Å². The van der Waals surface area contributed by atoms with Crippen LogP contribution >= 0.6 is 12.2 Å². The van der Waals surface area contributed by atoms with Crippen molar-refractivity contribution < 1.29 is 17.9 Å². The minimum Gasteiger partial charge on any atom is -0.389 e. The molecule has 110 valence electrons. The zero-order valence-electron chi connectivity index (χ0n) is 10.9. The minimum atomic E-state index is -4.40. The van der Waals surface area contributed by atoms with Gasteiger partial charge in [-0.1, -0.05) is 12.2 Å². The zero-order chi connectivity index (χ0) is 14.9. The molecule has 1 atom stereocenters. The van der Waals surface area contributed by atoms with Gasteiger partial charge in [0.15, 0.2) is 0 Å². The maximum Gasteiger partial charge on any atom is 0.416 e. The number of hydrogen-bond acceptors (Lipinski definition) is 3. The fourth-order valence-corrected chi connectivity index (χ4v) is 2.49. The highest BCUT2D eigenvalue weighted by Gasteiger charge is 2.32. The molecule has 0 aromatic heterocycles. The zero-order valence-corrected chi connectivity index (χ0v) is 11.7. The molecule has 1 fully saturated rings. The van der Waals surface area contributed by atoms with Crippen molar-refractivity contribution in [3.8, 4) is 0 Å². The summed E-state index contributed by atoms with van der Waals surface area (Å²) in [6.45, 7) is 1.33. The Hall–Kier alpha value is -1.34. The van der Waals surface area contributed by atoms with E-state index in [-0.39, 0.29) is 16.7 Å². The molecule has 0 bridgehead atoms. The number of thiocarbonyl (C=S) groups is 1. The molecule has 0 radical (unpaired) electrons. The Morgan fingerprint density at radius 3 is 2.65 bits per heavy atom. The highest BCUT2D eigenvalue weighted by Crippen LogP contribution is 2.34.